The smallest absolute Gasteiger partial charge is 0.323 e. The Kier molecular flexibility index (Phi) is 5.37. The maximum atomic E-state index is 11.0. The Morgan fingerprint density at radius 2 is 2.17 bits per heavy atom. The standard InChI is InChI=1S/C9H17NO2/c1-4-12-9(11)8(10)6-5-7(2)3/h5,8H,4,6,10H2,1-3H3/t8-/m0/s1. The highest BCUT2D eigenvalue weighted by Gasteiger charge is 2.11. The van der Waals surface area contributed by atoms with Gasteiger partial charge in [0.25, 0.3) is 0 Å². The van der Waals surface area contributed by atoms with Crippen molar-refractivity contribution in [1.29, 1.82) is 0 Å². The van der Waals surface area contributed by atoms with Gasteiger partial charge in [-0.25, -0.2) is 0 Å². The van der Waals surface area contributed by atoms with Crippen LogP contribution in [0.25, 0.3) is 0 Å². The molecule has 70 valence electrons. The van der Waals surface area contributed by atoms with Crippen LogP contribution in [0, 0.1) is 0 Å². The molecule has 0 aliphatic heterocycles. The fourth-order valence-electron chi connectivity index (χ4n) is 0.708. The monoisotopic (exact) mass is 171 g/mol. The van der Waals surface area contributed by atoms with Crippen LogP contribution in [0.5, 0.6) is 0 Å². The van der Waals surface area contributed by atoms with E-state index in [0.29, 0.717) is 13.0 Å². The number of nitrogens with two attached hydrogens (primary N) is 1. The molecule has 0 aromatic heterocycles. The van der Waals surface area contributed by atoms with Gasteiger partial charge in [-0.1, -0.05) is 11.6 Å². The van der Waals surface area contributed by atoms with E-state index in [-0.39, 0.29) is 5.97 Å². The molecule has 0 spiro atoms. The first-order chi connectivity index (χ1) is 5.57. The van der Waals surface area contributed by atoms with E-state index in [2.05, 4.69) is 0 Å². The number of allylic oxidation sites excluding steroid dienone is 1. The number of carbonyl (C=O) groups excluding carboxylic acids is 1. The Morgan fingerprint density at radius 1 is 1.58 bits per heavy atom. The third kappa shape index (κ3) is 4.91. The summed E-state index contributed by atoms with van der Waals surface area (Å²) in [4.78, 5) is 11.0. The van der Waals surface area contributed by atoms with Crippen LogP contribution in [0.2, 0.25) is 0 Å². The predicted octanol–water partition coefficient (Wildman–Crippen LogP) is 1.23. The van der Waals surface area contributed by atoms with Crippen molar-refractivity contribution in [3.05, 3.63) is 11.6 Å². The van der Waals surface area contributed by atoms with Crippen molar-refractivity contribution in [3.63, 3.8) is 0 Å². The van der Waals surface area contributed by atoms with Crippen molar-refractivity contribution >= 4 is 5.97 Å². The van der Waals surface area contributed by atoms with Gasteiger partial charge in [-0.3, -0.25) is 4.79 Å². The summed E-state index contributed by atoms with van der Waals surface area (Å²) < 4.78 is 4.74. The number of ether oxygens (including phenoxy) is 1. The number of carbonyl (C=O) groups is 1. The average Bonchev–Trinajstić information content (AvgIpc) is 2.00. The topological polar surface area (TPSA) is 52.3 Å². The third-order valence-corrected chi connectivity index (χ3v) is 1.37. The molecule has 0 saturated carbocycles. The molecule has 0 unspecified atom stereocenters. The average molecular weight is 171 g/mol. The summed E-state index contributed by atoms with van der Waals surface area (Å²) in [5, 5.41) is 0. The summed E-state index contributed by atoms with van der Waals surface area (Å²) in [6.45, 7) is 6.10. The van der Waals surface area contributed by atoms with E-state index in [1.807, 2.05) is 19.9 Å². The number of hydrogen-bond donors (Lipinski definition) is 1. The molecule has 3 nitrogen and oxygen atoms in total. The molecule has 12 heavy (non-hydrogen) atoms. The van der Waals surface area contributed by atoms with Gasteiger partial charge in [0.2, 0.25) is 0 Å². The molecule has 0 aromatic carbocycles. The Balaban J connectivity index is 3.79. The molecule has 0 fully saturated rings. The van der Waals surface area contributed by atoms with Crippen molar-refractivity contribution < 1.29 is 9.53 Å². The van der Waals surface area contributed by atoms with Crippen LogP contribution in [0.1, 0.15) is 27.2 Å². The lowest BCUT2D eigenvalue weighted by Gasteiger charge is -2.07. The number of rotatable bonds is 4. The lowest BCUT2D eigenvalue weighted by Crippen LogP contribution is -2.31. The molecule has 0 radical (unpaired) electrons. The van der Waals surface area contributed by atoms with E-state index in [1.54, 1.807) is 6.92 Å². The van der Waals surface area contributed by atoms with Crippen LogP contribution >= 0.6 is 0 Å². The summed E-state index contributed by atoms with van der Waals surface area (Å²) in [6, 6.07) is -0.514. The van der Waals surface area contributed by atoms with Crippen LogP contribution in [-0.2, 0) is 9.53 Å². The minimum atomic E-state index is -0.514. The quantitative estimate of drug-likeness (QED) is 0.511. The summed E-state index contributed by atoms with van der Waals surface area (Å²) in [5.74, 6) is -0.324. The molecule has 0 aliphatic rings. The molecular formula is C9H17NO2. The van der Waals surface area contributed by atoms with Crippen molar-refractivity contribution in [3.8, 4) is 0 Å². The van der Waals surface area contributed by atoms with Gasteiger partial charge in [0.15, 0.2) is 0 Å². The Morgan fingerprint density at radius 3 is 2.58 bits per heavy atom. The summed E-state index contributed by atoms with van der Waals surface area (Å²) in [7, 11) is 0. The van der Waals surface area contributed by atoms with E-state index in [0.717, 1.165) is 5.57 Å². The van der Waals surface area contributed by atoms with Gasteiger partial charge in [-0.2, -0.15) is 0 Å². The van der Waals surface area contributed by atoms with Crippen molar-refractivity contribution in [2.45, 2.75) is 33.2 Å². The van der Waals surface area contributed by atoms with Crippen molar-refractivity contribution in [2.24, 2.45) is 5.73 Å². The molecule has 0 aliphatic carbocycles. The summed E-state index contributed by atoms with van der Waals surface area (Å²) >= 11 is 0. The van der Waals surface area contributed by atoms with Crippen LogP contribution in [0.4, 0.5) is 0 Å². The highest BCUT2D eigenvalue weighted by atomic mass is 16.5. The first-order valence-corrected chi connectivity index (χ1v) is 4.13. The SMILES string of the molecule is CCOC(=O)[C@@H](N)CC=C(C)C. The molecule has 3 heteroatoms. The van der Waals surface area contributed by atoms with Gasteiger partial charge in [0.1, 0.15) is 6.04 Å². The maximum absolute atomic E-state index is 11.0. The van der Waals surface area contributed by atoms with E-state index >= 15 is 0 Å². The Bertz CT molecular complexity index is 171. The fourth-order valence-corrected chi connectivity index (χ4v) is 0.708. The largest absolute Gasteiger partial charge is 0.465 e. The van der Waals surface area contributed by atoms with Crippen LogP contribution in [0.3, 0.4) is 0 Å². The van der Waals surface area contributed by atoms with Crippen LogP contribution in [0.15, 0.2) is 11.6 Å². The highest BCUT2D eigenvalue weighted by Crippen LogP contribution is 1.98. The highest BCUT2D eigenvalue weighted by molar-refractivity contribution is 5.75. The summed E-state index contributed by atoms with van der Waals surface area (Å²) in [6.07, 6.45) is 2.49. The van der Waals surface area contributed by atoms with Crippen molar-refractivity contribution in [1.82, 2.24) is 0 Å². The molecule has 0 bridgehead atoms. The van der Waals surface area contributed by atoms with Gasteiger partial charge in [-0.05, 0) is 27.2 Å². The first-order valence-electron chi connectivity index (χ1n) is 4.13. The van der Waals surface area contributed by atoms with Crippen LogP contribution in [-0.4, -0.2) is 18.6 Å². The Hall–Kier alpha value is -0.830. The number of hydrogen-bond acceptors (Lipinski definition) is 3. The lowest BCUT2D eigenvalue weighted by molar-refractivity contribution is -0.144. The molecule has 0 saturated heterocycles. The zero-order chi connectivity index (χ0) is 9.56. The van der Waals surface area contributed by atoms with E-state index < -0.39 is 6.04 Å². The molecule has 0 rings (SSSR count). The van der Waals surface area contributed by atoms with E-state index in [9.17, 15) is 4.79 Å². The Labute approximate surface area is 73.6 Å². The normalized spacial score (nSPS) is 12.0. The van der Waals surface area contributed by atoms with Crippen LogP contribution < -0.4 is 5.73 Å². The molecule has 0 amide bonds. The van der Waals surface area contributed by atoms with Gasteiger partial charge < -0.3 is 10.5 Å². The zero-order valence-corrected chi connectivity index (χ0v) is 7.96. The zero-order valence-electron chi connectivity index (χ0n) is 7.96. The lowest BCUT2D eigenvalue weighted by atomic mass is 10.2. The molecule has 0 aromatic rings. The molecule has 0 heterocycles. The van der Waals surface area contributed by atoms with Gasteiger partial charge in [0, 0.05) is 0 Å². The van der Waals surface area contributed by atoms with Gasteiger partial charge in [-0.15, -0.1) is 0 Å². The summed E-state index contributed by atoms with van der Waals surface area (Å²) in [5.41, 5.74) is 6.69. The second kappa shape index (κ2) is 5.77. The van der Waals surface area contributed by atoms with Gasteiger partial charge >= 0.3 is 5.97 Å². The van der Waals surface area contributed by atoms with Crippen molar-refractivity contribution in [2.75, 3.05) is 6.61 Å². The molecule has 1 atom stereocenters. The minimum absolute atomic E-state index is 0.324. The fraction of sp³-hybridized carbons (Fsp3) is 0.667. The van der Waals surface area contributed by atoms with E-state index in [1.165, 1.54) is 0 Å². The second-order valence-corrected chi connectivity index (χ2v) is 2.88. The molecule has 2 N–H and O–H groups in total. The third-order valence-electron chi connectivity index (χ3n) is 1.37. The minimum Gasteiger partial charge on any atom is -0.465 e. The molecular weight excluding hydrogens is 154 g/mol. The predicted molar refractivity (Wildman–Crippen MR) is 48.7 cm³/mol. The van der Waals surface area contributed by atoms with Gasteiger partial charge in [0.05, 0.1) is 6.61 Å². The number of esters is 1. The second-order valence-electron chi connectivity index (χ2n) is 2.88. The van der Waals surface area contributed by atoms with E-state index in [4.69, 9.17) is 10.5 Å². The maximum Gasteiger partial charge on any atom is 0.323 e. The first kappa shape index (κ1) is 11.2.